The van der Waals surface area contributed by atoms with Crippen LogP contribution in [-0.2, 0) is 11.8 Å². The van der Waals surface area contributed by atoms with Gasteiger partial charge in [0.15, 0.2) is 11.0 Å². The molecule has 25 heavy (non-hydrogen) atoms. The number of amides is 3. The van der Waals surface area contributed by atoms with Crippen LogP contribution in [0.3, 0.4) is 0 Å². The van der Waals surface area contributed by atoms with Crippen molar-refractivity contribution in [2.75, 3.05) is 12.3 Å². The Morgan fingerprint density at radius 3 is 2.52 bits per heavy atom. The highest BCUT2D eigenvalue weighted by molar-refractivity contribution is 7.99. The Morgan fingerprint density at radius 2 is 1.88 bits per heavy atom. The smallest absolute Gasteiger partial charge is 0.329 e. The van der Waals surface area contributed by atoms with Crippen molar-refractivity contribution in [2.45, 2.75) is 11.3 Å². The van der Waals surface area contributed by atoms with Crippen molar-refractivity contribution in [1.29, 1.82) is 0 Å². The first-order valence-electron chi connectivity index (χ1n) is 6.98. The van der Waals surface area contributed by atoms with Crippen molar-refractivity contribution in [3.8, 4) is 11.4 Å². The fourth-order valence-electron chi connectivity index (χ4n) is 1.80. The summed E-state index contributed by atoms with van der Waals surface area (Å²) >= 11 is 1.01. The number of nitrogens with zero attached hydrogens (tertiary/aromatic N) is 3. The molecule has 2 rings (SSSR count). The van der Waals surface area contributed by atoms with E-state index in [0.717, 1.165) is 17.3 Å². The first-order valence-corrected chi connectivity index (χ1v) is 7.97. The van der Waals surface area contributed by atoms with Crippen molar-refractivity contribution >= 4 is 23.7 Å². The maximum atomic E-state index is 12.0. The summed E-state index contributed by atoms with van der Waals surface area (Å²) in [5.74, 6) is -0.333. The van der Waals surface area contributed by atoms with E-state index in [9.17, 15) is 22.8 Å². The van der Waals surface area contributed by atoms with Crippen LogP contribution in [0.2, 0.25) is 0 Å². The maximum Gasteiger partial charge on any atom is 0.405 e. The molecule has 1 aromatic carbocycles. The summed E-state index contributed by atoms with van der Waals surface area (Å²) in [4.78, 5) is 22.8. The van der Waals surface area contributed by atoms with Gasteiger partial charge < -0.3 is 9.88 Å². The number of aromatic nitrogens is 3. The Labute approximate surface area is 145 Å². The minimum absolute atomic E-state index is 0.194. The number of thioether (sulfide) groups is 1. The van der Waals surface area contributed by atoms with Gasteiger partial charge in [0.05, 0.1) is 5.75 Å². The largest absolute Gasteiger partial charge is 0.405 e. The molecular formula is C14H14F3N5O2S. The van der Waals surface area contributed by atoms with Crippen LogP contribution in [0.25, 0.3) is 11.4 Å². The molecular weight excluding hydrogens is 359 g/mol. The van der Waals surface area contributed by atoms with E-state index in [1.54, 1.807) is 16.9 Å². The number of hydrogen-bond donors (Lipinski definition) is 2. The number of carbonyl (C=O) groups excluding carboxylic acids is 2. The standard InChI is InChI=1S/C14H14F3N5O2S/c1-22-11(9-5-3-2-4-6-9)20-21-13(22)25-7-10(23)19-12(24)18-8-14(15,16)17/h2-6H,7-8H2,1H3,(H2,18,19,23,24). The van der Waals surface area contributed by atoms with E-state index in [1.165, 1.54) is 0 Å². The second kappa shape index (κ2) is 8.01. The SMILES string of the molecule is Cn1c(SCC(=O)NC(=O)NCC(F)(F)F)nnc1-c1ccccc1. The highest BCUT2D eigenvalue weighted by Crippen LogP contribution is 2.22. The molecule has 0 saturated carbocycles. The molecule has 134 valence electrons. The summed E-state index contributed by atoms with van der Waals surface area (Å²) < 4.78 is 37.6. The van der Waals surface area contributed by atoms with E-state index in [4.69, 9.17) is 0 Å². The van der Waals surface area contributed by atoms with Crippen LogP contribution in [0.5, 0.6) is 0 Å². The van der Waals surface area contributed by atoms with E-state index in [0.29, 0.717) is 11.0 Å². The van der Waals surface area contributed by atoms with Gasteiger partial charge in [-0.15, -0.1) is 10.2 Å². The third-order valence-corrected chi connectivity index (χ3v) is 3.92. The molecule has 0 unspecified atom stereocenters. The Kier molecular flexibility index (Phi) is 6.02. The molecule has 0 spiro atoms. The third-order valence-electron chi connectivity index (χ3n) is 2.90. The van der Waals surface area contributed by atoms with Crippen LogP contribution in [0.1, 0.15) is 0 Å². The molecule has 0 atom stereocenters. The first-order chi connectivity index (χ1) is 11.8. The van der Waals surface area contributed by atoms with E-state index in [1.807, 2.05) is 35.6 Å². The molecule has 0 aliphatic rings. The predicted octanol–water partition coefficient (Wildman–Crippen LogP) is 1.96. The van der Waals surface area contributed by atoms with Crippen LogP contribution in [0, 0.1) is 0 Å². The average molecular weight is 373 g/mol. The zero-order valence-corrected chi connectivity index (χ0v) is 13.8. The lowest BCUT2D eigenvalue weighted by Gasteiger charge is -2.08. The van der Waals surface area contributed by atoms with Gasteiger partial charge in [-0.2, -0.15) is 13.2 Å². The van der Waals surface area contributed by atoms with Gasteiger partial charge in [0, 0.05) is 12.6 Å². The lowest BCUT2D eigenvalue weighted by molar-refractivity contribution is -0.124. The molecule has 7 nitrogen and oxygen atoms in total. The minimum atomic E-state index is -4.54. The molecule has 11 heteroatoms. The quantitative estimate of drug-likeness (QED) is 0.783. The van der Waals surface area contributed by atoms with E-state index < -0.39 is 24.7 Å². The summed E-state index contributed by atoms with van der Waals surface area (Å²) in [5, 5.41) is 11.8. The van der Waals surface area contributed by atoms with Gasteiger partial charge in [-0.3, -0.25) is 10.1 Å². The van der Waals surface area contributed by atoms with Crippen LogP contribution in [0.15, 0.2) is 35.5 Å². The molecule has 0 bridgehead atoms. The van der Waals surface area contributed by atoms with Crippen LogP contribution < -0.4 is 10.6 Å². The Balaban J connectivity index is 1.86. The summed E-state index contributed by atoms with van der Waals surface area (Å²) in [7, 11) is 1.72. The minimum Gasteiger partial charge on any atom is -0.329 e. The number of urea groups is 1. The normalized spacial score (nSPS) is 11.2. The summed E-state index contributed by atoms with van der Waals surface area (Å²) in [6, 6.07) is 8.08. The van der Waals surface area contributed by atoms with Crippen molar-refractivity contribution in [3.63, 3.8) is 0 Å². The van der Waals surface area contributed by atoms with Gasteiger partial charge in [0.2, 0.25) is 5.91 Å². The van der Waals surface area contributed by atoms with Crippen LogP contribution >= 0.6 is 11.8 Å². The highest BCUT2D eigenvalue weighted by atomic mass is 32.2. The summed E-state index contributed by atoms with van der Waals surface area (Å²) in [6.07, 6.45) is -4.54. The lowest BCUT2D eigenvalue weighted by atomic mass is 10.2. The number of hydrogen-bond acceptors (Lipinski definition) is 5. The lowest BCUT2D eigenvalue weighted by Crippen LogP contribution is -2.43. The summed E-state index contributed by atoms with van der Waals surface area (Å²) in [5.41, 5.74) is 0.848. The number of nitrogens with one attached hydrogen (secondary N) is 2. The predicted molar refractivity (Wildman–Crippen MR) is 84.8 cm³/mol. The molecule has 2 N–H and O–H groups in total. The van der Waals surface area contributed by atoms with Crippen molar-refractivity contribution in [2.24, 2.45) is 7.05 Å². The first kappa shape index (κ1) is 18.8. The zero-order chi connectivity index (χ0) is 18.4. The topological polar surface area (TPSA) is 88.9 Å². The highest BCUT2D eigenvalue weighted by Gasteiger charge is 2.28. The second-order valence-corrected chi connectivity index (χ2v) is 5.81. The zero-order valence-electron chi connectivity index (χ0n) is 13.0. The third kappa shape index (κ3) is 5.78. The van der Waals surface area contributed by atoms with Gasteiger partial charge in [0.1, 0.15) is 6.54 Å². The molecule has 2 aromatic rings. The second-order valence-electron chi connectivity index (χ2n) is 4.87. The van der Waals surface area contributed by atoms with Gasteiger partial charge in [-0.05, 0) is 0 Å². The molecule has 0 fully saturated rings. The number of alkyl halides is 3. The molecule has 1 aromatic heterocycles. The Hall–Kier alpha value is -2.56. The Morgan fingerprint density at radius 1 is 1.20 bits per heavy atom. The van der Waals surface area contributed by atoms with Crippen molar-refractivity contribution in [3.05, 3.63) is 30.3 Å². The number of imide groups is 1. The molecule has 0 radical (unpaired) electrons. The molecule has 3 amide bonds. The fourth-order valence-corrected chi connectivity index (χ4v) is 2.51. The average Bonchev–Trinajstić information content (AvgIpc) is 2.92. The molecule has 0 aliphatic carbocycles. The maximum absolute atomic E-state index is 12.0. The van der Waals surface area contributed by atoms with Gasteiger partial charge >= 0.3 is 12.2 Å². The number of benzene rings is 1. The number of halogens is 3. The van der Waals surface area contributed by atoms with Crippen LogP contribution in [-0.4, -0.2) is 45.2 Å². The van der Waals surface area contributed by atoms with Gasteiger partial charge in [-0.1, -0.05) is 42.1 Å². The Bertz CT molecular complexity index is 749. The fraction of sp³-hybridized carbons (Fsp3) is 0.286. The van der Waals surface area contributed by atoms with Gasteiger partial charge in [-0.25, -0.2) is 4.79 Å². The van der Waals surface area contributed by atoms with Crippen molar-refractivity contribution in [1.82, 2.24) is 25.4 Å². The number of rotatable bonds is 5. The number of carbonyl (C=O) groups is 2. The van der Waals surface area contributed by atoms with Gasteiger partial charge in [0.25, 0.3) is 0 Å². The molecule has 1 heterocycles. The molecule has 0 aliphatic heterocycles. The van der Waals surface area contributed by atoms with E-state index >= 15 is 0 Å². The van der Waals surface area contributed by atoms with Crippen LogP contribution in [0.4, 0.5) is 18.0 Å². The van der Waals surface area contributed by atoms with E-state index in [2.05, 4.69) is 10.2 Å². The monoisotopic (exact) mass is 373 g/mol. The summed E-state index contributed by atoms with van der Waals surface area (Å²) in [6.45, 7) is -1.51. The van der Waals surface area contributed by atoms with Crippen molar-refractivity contribution < 1.29 is 22.8 Å². The van der Waals surface area contributed by atoms with E-state index in [-0.39, 0.29) is 5.75 Å². The molecule has 0 saturated heterocycles.